The van der Waals surface area contributed by atoms with Crippen molar-refractivity contribution in [2.45, 2.75) is 25.7 Å². The van der Waals surface area contributed by atoms with Gasteiger partial charge in [-0.05, 0) is 19.1 Å². The molecule has 0 saturated carbocycles. The Balaban J connectivity index is 3.22. The maximum atomic E-state index is 12.3. The number of rotatable bonds is 6. The average Bonchev–Trinajstić information content (AvgIpc) is 2.01. The maximum absolute atomic E-state index is 12.3. The number of halogens is 2. The van der Waals surface area contributed by atoms with Gasteiger partial charge in [0, 0.05) is 6.42 Å². The quantitative estimate of drug-likeness (QED) is 0.499. The van der Waals surface area contributed by atoms with Gasteiger partial charge in [-0.3, -0.25) is 4.79 Å². The van der Waals surface area contributed by atoms with E-state index in [1.54, 1.807) is 0 Å². The third kappa shape index (κ3) is 9.60. The molecule has 0 atom stereocenters. The maximum Gasteiger partial charge on any atom is 0.315 e. The van der Waals surface area contributed by atoms with Crippen LogP contribution < -0.4 is 0 Å². The van der Waals surface area contributed by atoms with Crippen LogP contribution in [0.1, 0.15) is 19.8 Å². The molecule has 0 rings (SSSR count). The molecule has 0 aromatic carbocycles. The molecule has 0 saturated heterocycles. The molecule has 2 nitrogen and oxygen atoms in total. The van der Waals surface area contributed by atoms with Gasteiger partial charge in [0.15, 0.2) is 0 Å². The average molecular weight is 212 g/mol. The van der Waals surface area contributed by atoms with E-state index in [9.17, 15) is 13.6 Å². The van der Waals surface area contributed by atoms with Crippen molar-refractivity contribution in [3.05, 3.63) is 0 Å². The monoisotopic (exact) mass is 212 g/mol. The van der Waals surface area contributed by atoms with Gasteiger partial charge in [0.25, 0.3) is 0 Å². The predicted molar refractivity (Wildman–Crippen MR) is 49.2 cm³/mol. The lowest BCUT2D eigenvalue weighted by atomic mass is 10.2. The van der Waals surface area contributed by atoms with Crippen molar-refractivity contribution in [2.24, 2.45) is 0 Å². The van der Waals surface area contributed by atoms with Crippen LogP contribution in [0.25, 0.3) is 0 Å². The predicted octanol–water partition coefficient (Wildman–Crippen LogP) is 2.33. The Morgan fingerprint density at radius 2 is 2.15 bits per heavy atom. The highest BCUT2D eigenvalue weighted by Crippen LogP contribution is 2.20. The fourth-order valence-corrected chi connectivity index (χ4v) is 1.48. The first-order valence-corrected chi connectivity index (χ1v) is 5.13. The highest BCUT2D eigenvalue weighted by molar-refractivity contribution is 7.99. The Morgan fingerprint density at radius 1 is 1.54 bits per heavy atom. The van der Waals surface area contributed by atoms with Crippen LogP contribution >= 0.6 is 11.8 Å². The summed E-state index contributed by atoms with van der Waals surface area (Å²) in [7, 11) is 1.31. The zero-order chi connectivity index (χ0) is 10.3. The molecule has 0 amide bonds. The summed E-state index contributed by atoms with van der Waals surface area (Å²) in [5.41, 5.74) is 0. The topological polar surface area (TPSA) is 26.3 Å². The minimum Gasteiger partial charge on any atom is -0.468 e. The van der Waals surface area contributed by atoms with Crippen molar-refractivity contribution in [3.63, 3.8) is 0 Å². The fourth-order valence-electron chi connectivity index (χ4n) is 0.699. The molecule has 0 aliphatic heterocycles. The van der Waals surface area contributed by atoms with Gasteiger partial charge in [0.05, 0.1) is 12.9 Å². The van der Waals surface area contributed by atoms with E-state index in [-0.39, 0.29) is 18.1 Å². The summed E-state index contributed by atoms with van der Waals surface area (Å²) in [5.74, 6) is -2.09. The van der Waals surface area contributed by atoms with Crippen LogP contribution in [0.2, 0.25) is 0 Å². The van der Waals surface area contributed by atoms with Crippen molar-refractivity contribution in [1.82, 2.24) is 0 Å². The summed E-state index contributed by atoms with van der Waals surface area (Å²) in [6.07, 6.45) is 0.298. The molecule has 0 aromatic heterocycles. The Morgan fingerprint density at radius 3 is 2.62 bits per heavy atom. The zero-order valence-electron chi connectivity index (χ0n) is 7.81. The first kappa shape index (κ1) is 12.7. The summed E-state index contributed by atoms with van der Waals surface area (Å²) in [6, 6.07) is 0. The molecule has 0 heterocycles. The lowest BCUT2D eigenvalue weighted by Crippen LogP contribution is -2.10. The fraction of sp³-hybridized carbons (Fsp3) is 0.875. The number of hydrogen-bond acceptors (Lipinski definition) is 3. The normalized spacial score (nSPS) is 11.4. The second-order valence-electron chi connectivity index (χ2n) is 2.80. The summed E-state index contributed by atoms with van der Waals surface area (Å²) < 4.78 is 28.9. The molecule has 0 spiro atoms. The molecule has 0 aliphatic carbocycles. The molecule has 0 N–H and O–H groups in total. The minimum atomic E-state index is -2.59. The number of carbonyl (C=O) groups excluding carboxylic acids is 1. The van der Waals surface area contributed by atoms with Gasteiger partial charge in [0.1, 0.15) is 0 Å². The molecule has 0 aliphatic rings. The first-order chi connectivity index (χ1) is 5.95. The minimum absolute atomic E-state index is 0.124. The molecule has 78 valence electrons. The second-order valence-corrected chi connectivity index (χ2v) is 3.91. The van der Waals surface area contributed by atoms with Gasteiger partial charge >= 0.3 is 5.97 Å². The van der Waals surface area contributed by atoms with Crippen molar-refractivity contribution in [3.8, 4) is 0 Å². The van der Waals surface area contributed by atoms with E-state index in [1.807, 2.05) is 0 Å². The van der Waals surface area contributed by atoms with Crippen molar-refractivity contribution in [2.75, 3.05) is 18.6 Å². The molecule has 0 radical (unpaired) electrons. The van der Waals surface area contributed by atoms with Gasteiger partial charge in [-0.1, -0.05) is 0 Å². The number of ether oxygens (including phenoxy) is 1. The SMILES string of the molecule is COC(=O)CSCCCC(C)(F)F. The summed E-state index contributed by atoms with van der Waals surface area (Å²) in [4.78, 5) is 10.6. The van der Waals surface area contributed by atoms with E-state index < -0.39 is 5.92 Å². The molecule has 0 aromatic rings. The molecule has 0 unspecified atom stereocenters. The van der Waals surface area contributed by atoms with Crippen LogP contribution in [0, 0.1) is 0 Å². The lowest BCUT2D eigenvalue weighted by Gasteiger charge is -2.08. The van der Waals surface area contributed by atoms with E-state index in [4.69, 9.17) is 0 Å². The highest BCUT2D eigenvalue weighted by Gasteiger charge is 2.19. The van der Waals surface area contributed by atoms with Gasteiger partial charge in [-0.25, -0.2) is 8.78 Å². The lowest BCUT2D eigenvalue weighted by molar-refractivity contribution is -0.137. The third-order valence-corrected chi connectivity index (χ3v) is 2.37. The molecule has 5 heteroatoms. The highest BCUT2D eigenvalue weighted by atomic mass is 32.2. The molecular formula is C8H14F2O2S. The van der Waals surface area contributed by atoms with Crippen molar-refractivity contribution >= 4 is 17.7 Å². The number of hydrogen-bond donors (Lipinski definition) is 0. The van der Waals surface area contributed by atoms with Crippen LogP contribution in [0.3, 0.4) is 0 Å². The van der Waals surface area contributed by atoms with E-state index >= 15 is 0 Å². The van der Waals surface area contributed by atoms with E-state index in [0.717, 1.165) is 6.92 Å². The molecule has 0 bridgehead atoms. The summed E-state index contributed by atoms with van der Waals surface area (Å²) in [5, 5.41) is 0. The van der Waals surface area contributed by atoms with Gasteiger partial charge in [0.2, 0.25) is 5.92 Å². The Bertz CT molecular complexity index is 157. The van der Waals surface area contributed by atoms with Crippen LogP contribution in [0.15, 0.2) is 0 Å². The van der Waals surface area contributed by atoms with Gasteiger partial charge in [-0.2, -0.15) is 11.8 Å². The molecular weight excluding hydrogens is 198 g/mol. The third-order valence-electron chi connectivity index (χ3n) is 1.35. The Kier molecular flexibility index (Phi) is 6.03. The number of carbonyl (C=O) groups is 1. The second kappa shape index (κ2) is 6.18. The van der Waals surface area contributed by atoms with Crippen molar-refractivity contribution < 1.29 is 18.3 Å². The Hall–Kier alpha value is -0.320. The Labute approximate surface area is 81.0 Å². The van der Waals surface area contributed by atoms with E-state index in [1.165, 1.54) is 18.9 Å². The van der Waals surface area contributed by atoms with Crippen LogP contribution in [0.5, 0.6) is 0 Å². The smallest absolute Gasteiger partial charge is 0.315 e. The summed E-state index contributed by atoms with van der Waals surface area (Å²) >= 11 is 1.32. The molecule has 13 heavy (non-hydrogen) atoms. The van der Waals surface area contributed by atoms with E-state index in [2.05, 4.69) is 4.74 Å². The number of methoxy groups -OCH3 is 1. The number of thioether (sulfide) groups is 1. The van der Waals surface area contributed by atoms with Crippen LogP contribution in [-0.2, 0) is 9.53 Å². The largest absolute Gasteiger partial charge is 0.468 e. The van der Waals surface area contributed by atoms with Crippen LogP contribution in [-0.4, -0.2) is 30.5 Å². The van der Waals surface area contributed by atoms with Gasteiger partial charge < -0.3 is 4.74 Å². The number of alkyl halides is 2. The standard InChI is InChI=1S/C8H14F2O2S/c1-8(9,10)4-3-5-13-6-7(11)12-2/h3-6H2,1-2H3. The van der Waals surface area contributed by atoms with E-state index in [0.29, 0.717) is 12.2 Å². The zero-order valence-corrected chi connectivity index (χ0v) is 8.63. The molecule has 0 fully saturated rings. The first-order valence-electron chi connectivity index (χ1n) is 3.98. The van der Waals surface area contributed by atoms with Crippen molar-refractivity contribution in [1.29, 1.82) is 0 Å². The summed E-state index contributed by atoms with van der Waals surface area (Å²) in [6.45, 7) is 0.901. The number of esters is 1. The van der Waals surface area contributed by atoms with Crippen LogP contribution in [0.4, 0.5) is 8.78 Å². The van der Waals surface area contributed by atoms with Gasteiger partial charge in [-0.15, -0.1) is 0 Å².